The molecule has 0 amide bonds. The summed E-state index contributed by atoms with van der Waals surface area (Å²) >= 11 is -0.367. The second-order valence-electron chi connectivity index (χ2n) is 5.27. The monoisotopic (exact) mass is 200 g/mol. The number of unbranched alkanes of at least 4 members (excludes halogenated alkanes) is 1. The topological polar surface area (TPSA) is 0 Å². The third-order valence-electron chi connectivity index (χ3n) is 2.58. The Balaban J connectivity index is 0. The lowest BCUT2D eigenvalue weighted by Crippen LogP contribution is -2.17. The molecule has 0 unspecified atom stereocenters. The maximum atomic E-state index is 2.38. The first-order chi connectivity index (χ1) is 6.06. The quantitative estimate of drug-likeness (QED) is 0.516. The summed E-state index contributed by atoms with van der Waals surface area (Å²) in [4.78, 5) is 0. The van der Waals surface area contributed by atoms with Crippen molar-refractivity contribution in [3.05, 3.63) is 0 Å². The lowest BCUT2D eigenvalue weighted by molar-refractivity contribution is 0.682. The molecule has 0 rings (SSSR count). The second kappa shape index (κ2) is 7.89. The molecular formula is C12H29Al. The second-order valence-corrected chi connectivity index (χ2v) is 8.52. The minimum atomic E-state index is -0.367. The van der Waals surface area contributed by atoms with Crippen molar-refractivity contribution < 1.29 is 1.43 Å². The molecule has 0 saturated heterocycles. The van der Waals surface area contributed by atoms with Crippen LogP contribution in [0.5, 0.6) is 0 Å². The molecular weight excluding hydrogens is 171 g/mol. The van der Waals surface area contributed by atoms with Gasteiger partial charge in [0, 0.05) is 1.43 Å². The van der Waals surface area contributed by atoms with E-state index in [9.17, 15) is 0 Å². The molecule has 0 aromatic carbocycles. The van der Waals surface area contributed by atoms with Gasteiger partial charge in [-0.1, -0.05) is 75.1 Å². The van der Waals surface area contributed by atoms with Crippen LogP contribution in [0.15, 0.2) is 0 Å². The van der Waals surface area contributed by atoms with Crippen LogP contribution in [0.4, 0.5) is 0 Å². The smallest absolute Gasteiger partial charge is 0.0939 e. The van der Waals surface area contributed by atoms with Gasteiger partial charge >= 0.3 is 0 Å². The molecule has 0 bridgehead atoms. The maximum absolute atomic E-state index is 2.38. The number of rotatable bonds is 7. The van der Waals surface area contributed by atoms with Gasteiger partial charge in [0.25, 0.3) is 14.1 Å². The van der Waals surface area contributed by atoms with Crippen LogP contribution in [0, 0.1) is 11.8 Å². The van der Waals surface area contributed by atoms with Crippen molar-refractivity contribution in [2.75, 3.05) is 0 Å². The van der Waals surface area contributed by atoms with E-state index in [1.165, 1.54) is 12.8 Å². The van der Waals surface area contributed by atoms with Crippen LogP contribution < -0.4 is 0 Å². The van der Waals surface area contributed by atoms with Crippen LogP contribution in [-0.2, 0) is 0 Å². The zero-order valence-electron chi connectivity index (χ0n) is 10.3. The molecule has 13 heavy (non-hydrogen) atoms. The normalized spacial score (nSPS) is 11.3. The molecule has 0 aromatic heterocycles. The summed E-state index contributed by atoms with van der Waals surface area (Å²) < 4.78 is 0. The van der Waals surface area contributed by atoms with Gasteiger partial charge in [-0.15, -0.1) is 0 Å². The van der Waals surface area contributed by atoms with E-state index in [1.54, 1.807) is 15.8 Å². The van der Waals surface area contributed by atoms with Gasteiger partial charge in [-0.05, 0) is 0 Å². The zero-order valence-corrected chi connectivity index (χ0v) is 11.4. The van der Waals surface area contributed by atoms with Gasteiger partial charge in [0.15, 0.2) is 0 Å². The summed E-state index contributed by atoms with van der Waals surface area (Å²) in [6.07, 6.45) is 2.87. The standard InChI is InChI=1S/3C4H9.Al.H2/c2*1-4(2)3;1-3-4-2;;/h2*4H,1H2,2-3H3;1,3-4H2,2H3;;1H. The van der Waals surface area contributed by atoms with Crippen molar-refractivity contribution >= 4 is 14.1 Å². The largest absolute Gasteiger partial charge is 0.262 e. The molecule has 0 aromatic rings. The fourth-order valence-corrected chi connectivity index (χ4v) is 6.47. The van der Waals surface area contributed by atoms with Gasteiger partial charge in [0.1, 0.15) is 0 Å². The Labute approximate surface area is 91.0 Å². The van der Waals surface area contributed by atoms with Gasteiger partial charge < -0.3 is 0 Å². The van der Waals surface area contributed by atoms with Crippen LogP contribution in [0.25, 0.3) is 0 Å². The van der Waals surface area contributed by atoms with Gasteiger partial charge in [0.2, 0.25) is 0 Å². The average molecular weight is 200 g/mol. The molecule has 0 nitrogen and oxygen atoms in total. The number of hydrogen-bond acceptors (Lipinski definition) is 0. The molecule has 0 radical (unpaired) electrons. The highest BCUT2D eigenvalue weighted by molar-refractivity contribution is 6.58. The van der Waals surface area contributed by atoms with Crippen molar-refractivity contribution in [2.24, 2.45) is 11.8 Å². The van der Waals surface area contributed by atoms with E-state index in [0.717, 1.165) is 11.8 Å². The van der Waals surface area contributed by atoms with Crippen LogP contribution >= 0.6 is 0 Å². The average Bonchev–Trinajstić information content (AvgIpc) is 1.98. The third-order valence-corrected chi connectivity index (χ3v) is 7.02. The summed E-state index contributed by atoms with van der Waals surface area (Å²) in [5.41, 5.74) is 0. The predicted molar refractivity (Wildman–Crippen MR) is 66.9 cm³/mol. The van der Waals surface area contributed by atoms with E-state index in [-0.39, 0.29) is 15.6 Å². The van der Waals surface area contributed by atoms with Gasteiger partial charge in [-0.25, -0.2) is 0 Å². The lowest BCUT2D eigenvalue weighted by atomic mass is 10.3. The first-order valence-electron chi connectivity index (χ1n) is 6.06. The van der Waals surface area contributed by atoms with Crippen LogP contribution in [0.2, 0.25) is 15.8 Å². The molecule has 0 N–H and O–H groups in total. The Morgan fingerprint density at radius 3 is 1.77 bits per heavy atom. The fraction of sp³-hybridized carbons (Fsp3) is 1.00. The van der Waals surface area contributed by atoms with Crippen molar-refractivity contribution in [2.45, 2.75) is 63.3 Å². The van der Waals surface area contributed by atoms with Crippen molar-refractivity contribution in [3.8, 4) is 0 Å². The third kappa shape index (κ3) is 8.85. The molecule has 0 saturated carbocycles. The summed E-state index contributed by atoms with van der Waals surface area (Å²) in [6.45, 7) is 11.8. The minimum Gasteiger partial charge on any atom is -0.0939 e. The molecule has 0 spiro atoms. The van der Waals surface area contributed by atoms with E-state index in [4.69, 9.17) is 0 Å². The minimum absolute atomic E-state index is 0. The molecule has 80 valence electrons. The highest BCUT2D eigenvalue weighted by atomic mass is 27.2. The molecule has 0 fully saturated rings. The summed E-state index contributed by atoms with van der Waals surface area (Å²) in [5, 5.41) is 4.73. The van der Waals surface area contributed by atoms with E-state index in [2.05, 4.69) is 34.6 Å². The van der Waals surface area contributed by atoms with Gasteiger partial charge in [-0.3, -0.25) is 0 Å². The van der Waals surface area contributed by atoms with Crippen molar-refractivity contribution in [1.29, 1.82) is 0 Å². The Kier molecular flexibility index (Phi) is 8.22. The van der Waals surface area contributed by atoms with Gasteiger partial charge in [-0.2, -0.15) is 0 Å². The highest BCUT2D eigenvalue weighted by Crippen LogP contribution is 2.19. The van der Waals surface area contributed by atoms with Crippen LogP contribution in [-0.4, -0.2) is 14.1 Å². The van der Waals surface area contributed by atoms with Crippen molar-refractivity contribution in [1.82, 2.24) is 0 Å². The molecule has 0 aliphatic heterocycles. The van der Waals surface area contributed by atoms with E-state index >= 15 is 0 Å². The van der Waals surface area contributed by atoms with Gasteiger partial charge in [0.05, 0.1) is 0 Å². The molecule has 0 atom stereocenters. The summed E-state index contributed by atoms with van der Waals surface area (Å²) in [5.74, 6) is 1.87. The van der Waals surface area contributed by atoms with E-state index in [0.29, 0.717) is 0 Å². The van der Waals surface area contributed by atoms with E-state index < -0.39 is 0 Å². The predicted octanol–water partition coefficient (Wildman–Crippen LogP) is 4.84. The maximum Gasteiger partial charge on any atom is 0.262 e. The Bertz CT molecular complexity index is 103. The molecule has 1 heteroatoms. The lowest BCUT2D eigenvalue weighted by Gasteiger charge is -2.15. The Morgan fingerprint density at radius 2 is 1.46 bits per heavy atom. The zero-order chi connectivity index (χ0) is 10.3. The number of hydrogen-bond donors (Lipinski definition) is 0. The molecule has 0 aliphatic rings. The van der Waals surface area contributed by atoms with Crippen LogP contribution in [0.3, 0.4) is 0 Å². The fourth-order valence-electron chi connectivity index (χ4n) is 2.16. The Morgan fingerprint density at radius 1 is 1.00 bits per heavy atom. The Hall–Kier alpha value is 0.532. The summed E-state index contributed by atoms with van der Waals surface area (Å²) in [6, 6.07) is 0. The SMILES string of the molecule is CCC[CH2][Al]([CH2]C(C)C)[CH2]C(C)C.[HH]. The molecule has 0 heterocycles. The summed E-state index contributed by atoms with van der Waals surface area (Å²) in [7, 11) is 0. The highest BCUT2D eigenvalue weighted by Gasteiger charge is 2.18. The van der Waals surface area contributed by atoms with Crippen LogP contribution in [0.1, 0.15) is 48.9 Å². The molecule has 0 aliphatic carbocycles. The first-order valence-corrected chi connectivity index (χ1v) is 8.51. The first kappa shape index (κ1) is 13.5. The van der Waals surface area contributed by atoms with Crippen molar-refractivity contribution in [3.63, 3.8) is 0 Å². The van der Waals surface area contributed by atoms with E-state index in [1.807, 2.05) is 0 Å².